The van der Waals surface area contributed by atoms with Gasteiger partial charge in [0.15, 0.2) is 0 Å². The minimum Gasteiger partial charge on any atom is -0.393 e. The van der Waals surface area contributed by atoms with Crippen molar-refractivity contribution in [3.05, 3.63) is 0 Å². The molecule has 0 spiro atoms. The molecule has 0 saturated heterocycles. The summed E-state index contributed by atoms with van der Waals surface area (Å²) < 4.78 is 0. The van der Waals surface area contributed by atoms with E-state index in [-0.39, 0.29) is 6.10 Å². The molecule has 0 aliphatic heterocycles. The average molecular weight is 200 g/mol. The van der Waals surface area contributed by atoms with Gasteiger partial charge in [-0.25, -0.2) is 0 Å². The fraction of sp³-hybridized carbons (Fsp3) is 1.00. The molecule has 2 aliphatic carbocycles. The van der Waals surface area contributed by atoms with Crippen LogP contribution in [0.25, 0.3) is 0 Å². The van der Waals surface area contributed by atoms with E-state index >= 15 is 0 Å². The van der Waals surface area contributed by atoms with Crippen LogP contribution < -0.4 is 0 Å². The number of hydrogen-bond acceptors (Lipinski definition) is 2. The van der Waals surface area contributed by atoms with Crippen LogP contribution in [-0.4, -0.2) is 22.7 Å². The predicted octanol–water partition coefficient (Wildman–Crippen LogP) is 2.68. The van der Waals surface area contributed by atoms with Gasteiger partial charge in [0.1, 0.15) is 0 Å². The Kier molecular flexibility index (Phi) is 3.20. The number of rotatable bonds is 1. The fourth-order valence-electron chi connectivity index (χ4n) is 3.18. The molecule has 0 radical (unpaired) electrons. The topological polar surface area (TPSA) is 20.2 Å². The zero-order valence-corrected chi connectivity index (χ0v) is 9.22. The number of aliphatic hydroxyl groups excluding tert-OH is 1. The molecule has 0 amide bonds. The van der Waals surface area contributed by atoms with Gasteiger partial charge in [-0.2, -0.15) is 11.8 Å². The van der Waals surface area contributed by atoms with Gasteiger partial charge in [0, 0.05) is 5.25 Å². The van der Waals surface area contributed by atoms with Crippen LogP contribution in [0.4, 0.5) is 0 Å². The number of aliphatic hydroxyl groups is 1. The van der Waals surface area contributed by atoms with Crippen molar-refractivity contribution in [2.75, 3.05) is 6.26 Å². The highest BCUT2D eigenvalue weighted by Crippen LogP contribution is 2.44. The Bertz CT molecular complexity index is 171. The molecule has 0 heterocycles. The third kappa shape index (κ3) is 1.89. The first-order valence-electron chi connectivity index (χ1n) is 5.54. The van der Waals surface area contributed by atoms with Crippen molar-refractivity contribution in [2.45, 2.75) is 49.9 Å². The second-order valence-corrected chi connectivity index (χ2v) is 5.61. The first kappa shape index (κ1) is 9.85. The van der Waals surface area contributed by atoms with Crippen LogP contribution in [0.2, 0.25) is 0 Å². The van der Waals surface area contributed by atoms with E-state index < -0.39 is 0 Å². The van der Waals surface area contributed by atoms with E-state index in [1.165, 1.54) is 32.1 Å². The summed E-state index contributed by atoms with van der Waals surface area (Å²) in [5.74, 6) is 1.47. The van der Waals surface area contributed by atoms with Crippen molar-refractivity contribution < 1.29 is 5.11 Å². The van der Waals surface area contributed by atoms with Gasteiger partial charge in [-0.05, 0) is 43.8 Å². The molecule has 0 aromatic carbocycles. The van der Waals surface area contributed by atoms with E-state index in [2.05, 4.69) is 6.26 Å². The summed E-state index contributed by atoms with van der Waals surface area (Å²) in [4.78, 5) is 0. The Morgan fingerprint density at radius 1 is 1.00 bits per heavy atom. The van der Waals surface area contributed by atoms with E-state index in [0.717, 1.165) is 17.6 Å². The maximum atomic E-state index is 9.91. The SMILES string of the molecule is CSC1CCC(O)C2CCCCC12. The van der Waals surface area contributed by atoms with Crippen molar-refractivity contribution in [3.63, 3.8) is 0 Å². The van der Waals surface area contributed by atoms with Crippen LogP contribution >= 0.6 is 11.8 Å². The van der Waals surface area contributed by atoms with Crippen molar-refractivity contribution in [2.24, 2.45) is 11.8 Å². The summed E-state index contributed by atoms with van der Waals surface area (Å²) in [6.07, 6.45) is 9.93. The largest absolute Gasteiger partial charge is 0.393 e. The molecule has 13 heavy (non-hydrogen) atoms. The van der Waals surface area contributed by atoms with Crippen LogP contribution in [-0.2, 0) is 0 Å². The molecular formula is C11H20OS. The number of hydrogen-bond donors (Lipinski definition) is 1. The first-order valence-corrected chi connectivity index (χ1v) is 6.82. The Labute approximate surface area is 85.3 Å². The fourth-order valence-corrected chi connectivity index (χ4v) is 4.24. The Morgan fingerprint density at radius 2 is 1.69 bits per heavy atom. The maximum absolute atomic E-state index is 9.91. The third-order valence-corrected chi connectivity index (χ3v) is 5.09. The molecule has 1 N–H and O–H groups in total. The molecule has 2 saturated carbocycles. The van der Waals surface area contributed by atoms with E-state index in [4.69, 9.17) is 0 Å². The molecule has 2 rings (SSSR count). The van der Waals surface area contributed by atoms with Gasteiger partial charge >= 0.3 is 0 Å². The van der Waals surface area contributed by atoms with Gasteiger partial charge in [0.05, 0.1) is 6.10 Å². The van der Waals surface area contributed by atoms with Crippen molar-refractivity contribution in [3.8, 4) is 0 Å². The summed E-state index contributed by atoms with van der Waals surface area (Å²) in [5.41, 5.74) is 0. The van der Waals surface area contributed by atoms with Crippen LogP contribution in [0.1, 0.15) is 38.5 Å². The molecule has 1 nitrogen and oxygen atoms in total. The Hall–Kier alpha value is 0.310. The zero-order valence-electron chi connectivity index (χ0n) is 8.41. The van der Waals surface area contributed by atoms with Crippen LogP contribution in [0.15, 0.2) is 0 Å². The van der Waals surface area contributed by atoms with Gasteiger partial charge in [-0.3, -0.25) is 0 Å². The molecule has 0 aromatic rings. The summed E-state index contributed by atoms with van der Waals surface area (Å²) in [6, 6.07) is 0. The van der Waals surface area contributed by atoms with Gasteiger partial charge in [0.25, 0.3) is 0 Å². The summed E-state index contributed by atoms with van der Waals surface area (Å²) in [7, 11) is 0. The minimum absolute atomic E-state index is 0.0219. The zero-order chi connectivity index (χ0) is 9.26. The minimum atomic E-state index is 0.0219. The molecule has 4 atom stereocenters. The van der Waals surface area contributed by atoms with Gasteiger partial charge in [-0.15, -0.1) is 0 Å². The molecule has 0 bridgehead atoms. The number of thioether (sulfide) groups is 1. The van der Waals surface area contributed by atoms with Crippen LogP contribution in [0.3, 0.4) is 0 Å². The molecule has 4 unspecified atom stereocenters. The van der Waals surface area contributed by atoms with Gasteiger partial charge in [0.2, 0.25) is 0 Å². The second kappa shape index (κ2) is 4.22. The monoisotopic (exact) mass is 200 g/mol. The molecule has 2 fully saturated rings. The lowest BCUT2D eigenvalue weighted by molar-refractivity contribution is 0.0140. The quantitative estimate of drug-likeness (QED) is 0.702. The average Bonchev–Trinajstić information content (AvgIpc) is 2.19. The van der Waals surface area contributed by atoms with Crippen molar-refractivity contribution >= 4 is 11.8 Å². The Morgan fingerprint density at radius 3 is 2.38 bits per heavy atom. The number of fused-ring (bicyclic) bond motifs is 1. The Balaban J connectivity index is 2.05. The molecule has 2 heteroatoms. The summed E-state index contributed by atoms with van der Waals surface area (Å²) in [6.45, 7) is 0. The van der Waals surface area contributed by atoms with E-state index in [1.807, 2.05) is 11.8 Å². The highest BCUT2D eigenvalue weighted by atomic mass is 32.2. The van der Waals surface area contributed by atoms with Gasteiger partial charge in [-0.1, -0.05) is 12.8 Å². The predicted molar refractivity (Wildman–Crippen MR) is 58.0 cm³/mol. The highest BCUT2D eigenvalue weighted by molar-refractivity contribution is 7.99. The van der Waals surface area contributed by atoms with Gasteiger partial charge < -0.3 is 5.11 Å². The van der Waals surface area contributed by atoms with Crippen molar-refractivity contribution in [1.82, 2.24) is 0 Å². The lowest BCUT2D eigenvalue weighted by Gasteiger charge is -2.43. The van der Waals surface area contributed by atoms with Crippen molar-refractivity contribution in [1.29, 1.82) is 0 Å². The summed E-state index contributed by atoms with van der Waals surface area (Å²) in [5, 5.41) is 10.7. The van der Waals surface area contributed by atoms with E-state index in [0.29, 0.717) is 5.92 Å². The molecule has 2 aliphatic rings. The molecule has 0 aromatic heterocycles. The lowest BCUT2D eigenvalue weighted by Crippen LogP contribution is -2.41. The second-order valence-electron chi connectivity index (χ2n) is 4.53. The highest BCUT2D eigenvalue weighted by Gasteiger charge is 2.39. The molecule has 76 valence electrons. The lowest BCUT2D eigenvalue weighted by atomic mass is 9.69. The smallest absolute Gasteiger partial charge is 0.0571 e. The van der Waals surface area contributed by atoms with E-state index in [9.17, 15) is 5.11 Å². The first-order chi connectivity index (χ1) is 6.33. The maximum Gasteiger partial charge on any atom is 0.0571 e. The molecular weight excluding hydrogens is 180 g/mol. The third-order valence-electron chi connectivity index (χ3n) is 3.90. The standard InChI is InChI=1S/C11H20OS/c1-13-11-7-6-10(12)8-4-2-3-5-9(8)11/h8-12H,2-7H2,1H3. The summed E-state index contributed by atoms with van der Waals surface area (Å²) >= 11 is 2.02. The normalized spacial score (nSPS) is 45.7. The van der Waals surface area contributed by atoms with Crippen LogP contribution in [0, 0.1) is 11.8 Å². The van der Waals surface area contributed by atoms with E-state index in [1.54, 1.807) is 0 Å². The van der Waals surface area contributed by atoms with Crippen LogP contribution in [0.5, 0.6) is 0 Å².